The number of hydrogen-bond donors (Lipinski definition) is 1. The van der Waals surface area contributed by atoms with Crippen LogP contribution >= 0.6 is 11.6 Å². The zero-order chi connectivity index (χ0) is 14.5. The van der Waals surface area contributed by atoms with E-state index in [4.69, 9.17) is 16.7 Å². The Labute approximate surface area is 123 Å². The van der Waals surface area contributed by atoms with Crippen LogP contribution in [0.5, 0.6) is 0 Å². The minimum atomic E-state index is -0.667. The quantitative estimate of drug-likeness (QED) is 0.918. The van der Waals surface area contributed by atoms with Crippen LogP contribution in [0.1, 0.15) is 11.6 Å². The van der Waals surface area contributed by atoms with E-state index in [9.17, 15) is 9.65 Å². The number of aliphatic hydroxyl groups excluding tert-OH is 1. The highest BCUT2D eigenvalue weighted by atomic mass is 35.5. The van der Waals surface area contributed by atoms with Gasteiger partial charge in [0.25, 0.3) is 0 Å². The van der Waals surface area contributed by atoms with E-state index in [2.05, 4.69) is 11.0 Å². The van der Waals surface area contributed by atoms with Gasteiger partial charge in [0.2, 0.25) is 0 Å². The molecule has 0 saturated carbocycles. The number of β-amino-alcohol motifs (C(OH)–C–C–N with tert-alkyl or cyclic N) is 1. The second-order valence-electron chi connectivity index (χ2n) is 4.77. The highest BCUT2D eigenvalue weighted by Gasteiger charge is 2.28. The van der Waals surface area contributed by atoms with Crippen LogP contribution in [0.2, 0.25) is 5.02 Å². The van der Waals surface area contributed by atoms with Gasteiger partial charge in [0.1, 0.15) is 11.9 Å². The Morgan fingerprint density at radius 3 is 2.60 bits per heavy atom. The van der Waals surface area contributed by atoms with Crippen LogP contribution in [-0.2, 0) is 0 Å². The van der Waals surface area contributed by atoms with Gasteiger partial charge in [0.15, 0.2) is 0 Å². The molecule has 0 aliphatic carbocycles. The summed E-state index contributed by atoms with van der Waals surface area (Å²) >= 11 is 6.04. The van der Waals surface area contributed by atoms with E-state index in [0.717, 1.165) is 13.1 Å². The van der Waals surface area contributed by atoms with Gasteiger partial charge in [-0.25, -0.2) is 4.39 Å². The third-order valence-electron chi connectivity index (χ3n) is 3.58. The Kier molecular flexibility index (Phi) is 5.32. The molecule has 4 nitrogen and oxygen atoms in total. The summed E-state index contributed by atoms with van der Waals surface area (Å²) in [7, 11) is 0. The zero-order valence-electron chi connectivity index (χ0n) is 11.1. The molecule has 0 amide bonds. The predicted octanol–water partition coefficient (Wildman–Crippen LogP) is 1.65. The Bertz CT molecular complexity index is 477. The van der Waals surface area contributed by atoms with Gasteiger partial charge >= 0.3 is 0 Å². The molecule has 0 spiro atoms. The van der Waals surface area contributed by atoms with Crippen molar-refractivity contribution in [1.82, 2.24) is 9.80 Å². The van der Waals surface area contributed by atoms with Crippen molar-refractivity contribution in [2.24, 2.45) is 0 Å². The standard InChI is InChI=1S/C14H17ClFN3O/c15-11-2-1-3-12(16)14(11)13(10-17)19-6-4-18(5-7-19)8-9-20/h1-3,13,20H,4-9H2. The fourth-order valence-corrected chi connectivity index (χ4v) is 2.75. The van der Waals surface area contributed by atoms with Gasteiger partial charge in [0.05, 0.1) is 12.7 Å². The Morgan fingerprint density at radius 1 is 1.35 bits per heavy atom. The first-order valence-corrected chi connectivity index (χ1v) is 6.96. The number of hydrogen-bond acceptors (Lipinski definition) is 4. The van der Waals surface area contributed by atoms with Crippen LogP contribution in [0, 0.1) is 17.1 Å². The van der Waals surface area contributed by atoms with Crippen LogP contribution in [0.4, 0.5) is 4.39 Å². The average molecular weight is 298 g/mol. The highest BCUT2D eigenvalue weighted by Crippen LogP contribution is 2.30. The summed E-state index contributed by atoms with van der Waals surface area (Å²) < 4.78 is 13.9. The van der Waals surface area contributed by atoms with Crippen molar-refractivity contribution in [2.45, 2.75) is 6.04 Å². The van der Waals surface area contributed by atoms with Crippen LogP contribution in [-0.4, -0.2) is 54.2 Å². The van der Waals surface area contributed by atoms with Gasteiger partial charge in [-0.05, 0) is 12.1 Å². The maximum atomic E-state index is 13.9. The lowest BCUT2D eigenvalue weighted by Gasteiger charge is -2.36. The molecule has 20 heavy (non-hydrogen) atoms. The lowest BCUT2D eigenvalue weighted by molar-refractivity contribution is 0.0973. The fraction of sp³-hybridized carbons (Fsp3) is 0.500. The molecule has 2 rings (SSSR count). The van der Waals surface area contributed by atoms with E-state index in [0.29, 0.717) is 19.6 Å². The Morgan fingerprint density at radius 2 is 2.05 bits per heavy atom. The molecule has 1 saturated heterocycles. The van der Waals surface area contributed by atoms with E-state index in [1.165, 1.54) is 12.1 Å². The first kappa shape index (κ1) is 15.2. The van der Waals surface area contributed by atoms with E-state index < -0.39 is 11.9 Å². The molecule has 0 radical (unpaired) electrons. The molecule has 0 bridgehead atoms. The first-order chi connectivity index (χ1) is 9.67. The number of nitriles is 1. The maximum absolute atomic E-state index is 13.9. The second kappa shape index (κ2) is 7.00. The van der Waals surface area contributed by atoms with Crippen molar-refractivity contribution < 1.29 is 9.50 Å². The summed E-state index contributed by atoms with van der Waals surface area (Å²) in [4.78, 5) is 4.05. The monoisotopic (exact) mass is 297 g/mol. The van der Waals surface area contributed by atoms with Crippen LogP contribution in [0.25, 0.3) is 0 Å². The molecule has 6 heteroatoms. The van der Waals surface area contributed by atoms with Gasteiger partial charge in [-0.1, -0.05) is 17.7 Å². The highest BCUT2D eigenvalue weighted by molar-refractivity contribution is 6.31. The number of nitrogens with zero attached hydrogens (tertiary/aromatic N) is 3. The molecule has 1 N–H and O–H groups in total. The smallest absolute Gasteiger partial charge is 0.130 e. The van der Waals surface area contributed by atoms with Crippen molar-refractivity contribution in [1.29, 1.82) is 5.26 Å². The number of aliphatic hydroxyl groups is 1. The SMILES string of the molecule is N#CC(c1c(F)cccc1Cl)N1CCN(CCO)CC1. The molecular weight excluding hydrogens is 281 g/mol. The molecule has 1 fully saturated rings. The van der Waals surface area contributed by atoms with Crippen molar-refractivity contribution in [3.05, 3.63) is 34.6 Å². The average Bonchev–Trinajstić information content (AvgIpc) is 2.45. The van der Waals surface area contributed by atoms with Gasteiger partial charge < -0.3 is 5.11 Å². The third-order valence-corrected chi connectivity index (χ3v) is 3.91. The molecule has 1 aromatic carbocycles. The maximum Gasteiger partial charge on any atom is 0.130 e. The lowest BCUT2D eigenvalue weighted by Crippen LogP contribution is -2.48. The molecular formula is C14H17ClFN3O. The van der Waals surface area contributed by atoms with E-state index in [-0.39, 0.29) is 17.2 Å². The van der Waals surface area contributed by atoms with E-state index in [1.54, 1.807) is 6.07 Å². The van der Waals surface area contributed by atoms with Gasteiger partial charge in [-0.3, -0.25) is 9.80 Å². The first-order valence-electron chi connectivity index (χ1n) is 6.58. The predicted molar refractivity (Wildman–Crippen MR) is 74.9 cm³/mol. The van der Waals surface area contributed by atoms with Gasteiger partial charge in [-0.2, -0.15) is 5.26 Å². The molecule has 1 unspecified atom stereocenters. The minimum absolute atomic E-state index is 0.126. The molecule has 1 aromatic rings. The Hall–Kier alpha value is -1.19. The van der Waals surface area contributed by atoms with Crippen molar-refractivity contribution in [2.75, 3.05) is 39.3 Å². The lowest BCUT2D eigenvalue weighted by atomic mass is 10.0. The van der Waals surface area contributed by atoms with Gasteiger partial charge in [-0.15, -0.1) is 0 Å². The number of halogens is 2. The summed E-state index contributed by atoms with van der Waals surface area (Å²) in [6, 6.07) is 5.95. The van der Waals surface area contributed by atoms with E-state index in [1.807, 2.05) is 4.90 Å². The molecule has 1 aliphatic rings. The minimum Gasteiger partial charge on any atom is -0.395 e. The van der Waals surface area contributed by atoms with Crippen molar-refractivity contribution in [3.8, 4) is 6.07 Å². The molecule has 1 heterocycles. The zero-order valence-corrected chi connectivity index (χ0v) is 11.9. The van der Waals surface area contributed by atoms with Crippen LogP contribution in [0.3, 0.4) is 0 Å². The molecule has 108 valence electrons. The fourth-order valence-electron chi connectivity index (χ4n) is 2.49. The normalized spacial score (nSPS) is 18.7. The number of benzene rings is 1. The topological polar surface area (TPSA) is 50.5 Å². The van der Waals surface area contributed by atoms with Crippen molar-refractivity contribution in [3.63, 3.8) is 0 Å². The van der Waals surface area contributed by atoms with Crippen molar-refractivity contribution >= 4 is 11.6 Å². The second-order valence-corrected chi connectivity index (χ2v) is 5.18. The molecule has 1 aliphatic heterocycles. The van der Waals surface area contributed by atoms with E-state index >= 15 is 0 Å². The molecule has 0 aromatic heterocycles. The largest absolute Gasteiger partial charge is 0.395 e. The molecule has 1 atom stereocenters. The number of rotatable bonds is 4. The Balaban J connectivity index is 2.13. The summed E-state index contributed by atoms with van der Waals surface area (Å²) in [5, 5.41) is 18.6. The van der Waals surface area contributed by atoms with Crippen LogP contribution < -0.4 is 0 Å². The van der Waals surface area contributed by atoms with Gasteiger partial charge in [0, 0.05) is 43.3 Å². The summed E-state index contributed by atoms with van der Waals surface area (Å²) in [5.41, 5.74) is 0.257. The summed E-state index contributed by atoms with van der Waals surface area (Å²) in [5.74, 6) is -0.443. The summed E-state index contributed by atoms with van der Waals surface area (Å²) in [6.45, 7) is 3.58. The summed E-state index contributed by atoms with van der Waals surface area (Å²) in [6.07, 6.45) is 0. The third kappa shape index (κ3) is 3.28. The number of piperazine rings is 1. The van der Waals surface area contributed by atoms with Crippen LogP contribution in [0.15, 0.2) is 18.2 Å².